The van der Waals surface area contributed by atoms with Crippen LogP contribution in [0.25, 0.3) is 0 Å². The van der Waals surface area contributed by atoms with Crippen LogP contribution in [0.2, 0.25) is 0 Å². The number of Topliss-reactive ketones (excluding diaryl/α,β-unsaturated/α-hetero) is 1. The van der Waals surface area contributed by atoms with Crippen LogP contribution in [0, 0.1) is 0 Å². The van der Waals surface area contributed by atoms with Crippen molar-refractivity contribution in [2.75, 3.05) is 27.2 Å². The Morgan fingerprint density at radius 3 is 2.42 bits per heavy atom. The van der Waals surface area contributed by atoms with Crippen LogP contribution < -0.4 is 4.72 Å². The molecule has 1 unspecified atom stereocenters. The zero-order valence-electron chi connectivity index (χ0n) is 15.7. The summed E-state index contributed by atoms with van der Waals surface area (Å²) in [5.74, 6) is -0.390. The Labute approximate surface area is 155 Å². The minimum atomic E-state index is -3.84. The van der Waals surface area contributed by atoms with Gasteiger partial charge in [-0.05, 0) is 52.4 Å². The highest BCUT2D eigenvalue weighted by Gasteiger charge is 2.29. The lowest BCUT2D eigenvalue weighted by Gasteiger charge is -2.37. The lowest BCUT2D eigenvalue weighted by atomic mass is 10.0. The smallest absolute Gasteiger partial charge is 0.241 e. The van der Waals surface area contributed by atoms with Gasteiger partial charge in [0.1, 0.15) is 0 Å². The Bertz CT molecular complexity index is 761. The first kappa shape index (κ1) is 20.5. The number of hydrogen-bond acceptors (Lipinski definition) is 5. The summed E-state index contributed by atoms with van der Waals surface area (Å²) in [6.45, 7) is 4.76. The summed E-state index contributed by atoms with van der Waals surface area (Å²) in [6.07, 6.45) is 1.93. The molecule has 1 aliphatic rings. The highest BCUT2D eigenvalue weighted by atomic mass is 32.2. The largest absolute Gasteiger partial charge is 0.340 e. The van der Waals surface area contributed by atoms with E-state index in [1.807, 2.05) is 7.05 Å². The number of rotatable bonds is 6. The van der Waals surface area contributed by atoms with Crippen LogP contribution in [0.3, 0.4) is 0 Å². The maximum Gasteiger partial charge on any atom is 0.241 e. The van der Waals surface area contributed by atoms with E-state index >= 15 is 0 Å². The van der Waals surface area contributed by atoms with Crippen molar-refractivity contribution >= 4 is 21.7 Å². The molecule has 1 aliphatic heterocycles. The molecule has 26 heavy (non-hydrogen) atoms. The van der Waals surface area contributed by atoms with Crippen molar-refractivity contribution in [2.45, 2.75) is 43.7 Å². The van der Waals surface area contributed by atoms with Crippen LogP contribution in [-0.4, -0.2) is 69.2 Å². The van der Waals surface area contributed by atoms with E-state index in [9.17, 15) is 18.0 Å². The number of likely N-dealkylation sites (N-methyl/N-ethyl adjacent to an activating group) is 2. The van der Waals surface area contributed by atoms with Crippen molar-refractivity contribution in [2.24, 2.45) is 0 Å². The average molecular weight is 381 g/mol. The maximum atomic E-state index is 12.6. The summed E-state index contributed by atoms with van der Waals surface area (Å²) < 4.78 is 27.4. The minimum Gasteiger partial charge on any atom is -0.340 e. The fourth-order valence-electron chi connectivity index (χ4n) is 3.16. The first-order chi connectivity index (χ1) is 12.1. The number of ketones is 1. The Hall–Kier alpha value is -1.77. The third-order valence-corrected chi connectivity index (χ3v) is 6.33. The van der Waals surface area contributed by atoms with E-state index in [4.69, 9.17) is 0 Å². The number of likely N-dealkylation sites (tertiary alicyclic amines) is 1. The second-order valence-corrected chi connectivity index (χ2v) is 8.64. The van der Waals surface area contributed by atoms with Crippen LogP contribution in [0.4, 0.5) is 0 Å². The predicted molar refractivity (Wildman–Crippen MR) is 99.5 cm³/mol. The summed E-state index contributed by atoms with van der Waals surface area (Å²) in [6, 6.07) is 4.89. The van der Waals surface area contributed by atoms with Crippen molar-refractivity contribution < 1.29 is 18.0 Å². The molecule has 1 heterocycles. The molecule has 0 radical (unpaired) electrons. The maximum absolute atomic E-state index is 12.6. The molecule has 1 aromatic carbocycles. The molecule has 0 aliphatic carbocycles. The van der Waals surface area contributed by atoms with Crippen molar-refractivity contribution in [3.63, 3.8) is 0 Å². The van der Waals surface area contributed by atoms with Gasteiger partial charge in [0.15, 0.2) is 5.78 Å². The minimum absolute atomic E-state index is 0.0298. The van der Waals surface area contributed by atoms with E-state index in [1.165, 1.54) is 31.2 Å². The molecule has 0 saturated carbocycles. The highest BCUT2D eigenvalue weighted by Crippen LogP contribution is 2.16. The zero-order chi connectivity index (χ0) is 19.5. The molecule has 1 N–H and O–H groups in total. The van der Waals surface area contributed by atoms with Gasteiger partial charge in [0, 0.05) is 25.2 Å². The van der Waals surface area contributed by atoms with Crippen molar-refractivity contribution in [3.8, 4) is 0 Å². The molecule has 1 amide bonds. The molecule has 1 aromatic rings. The lowest BCUT2D eigenvalue weighted by molar-refractivity contribution is -0.134. The lowest BCUT2D eigenvalue weighted by Crippen LogP contribution is -2.53. The number of nitrogens with one attached hydrogen (secondary N) is 1. The molecular weight excluding hydrogens is 354 g/mol. The van der Waals surface area contributed by atoms with Gasteiger partial charge in [0.2, 0.25) is 15.9 Å². The molecule has 144 valence electrons. The van der Waals surface area contributed by atoms with Gasteiger partial charge in [-0.25, -0.2) is 8.42 Å². The summed E-state index contributed by atoms with van der Waals surface area (Å²) in [5, 5.41) is 0. The van der Waals surface area contributed by atoms with E-state index in [-0.39, 0.29) is 22.6 Å². The second kappa shape index (κ2) is 8.28. The van der Waals surface area contributed by atoms with Crippen molar-refractivity contribution in [3.05, 3.63) is 29.8 Å². The van der Waals surface area contributed by atoms with Crippen LogP contribution in [-0.2, 0) is 14.8 Å². The number of carbonyl (C=O) groups excluding carboxylic acids is 2. The number of carbonyl (C=O) groups is 2. The third kappa shape index (κ3) is 4.90. The number of amides is 1. The molecule has 7 nitrogen and oxygen atoms in total. The Morgan fingerprint density at radius 2 is 1.88 bits per heavy atom. The molecule has 2 rings (SSSR count). The number of piperidine rings is 1. The predicted octanol–water partition coefficient (Wildman–Crippen LogP) is 1.11. The molecule has 0 aromatic heterocycles. The molecule has 1 saturated heterocycles. The molecule has 0 spiro atoms. The van der Waals surface area contributed by atoms with Crippen LogP contribution in [0.15, 0.2) is 29.2 Å². The van der Waals surface area contributed by atoms with Gasteiger partial charge in [0.05, 0.1) is 10.9 Å². The van der Waals surface area contributed by atoms with Gasteiger partial charge in [-0.3, -0.25) is 9.59 Å². The third-order valence-electron chi connectivity index (χ3n) is 4.77. The van der Waals surface area contributed by atoms with Crippen molar-refractivity contribution in [1.82, 2.24) is 14.5 Å². The van der Waals surface area contributed by atoms with E-state index < -0.39 is 16.1 Å². The summed E-state index contributed by atoms with van der Waals surface area (Å²) >= 11 is 0. The molecule has 2 atom stereocenters. The van der Waals surface area contributed by atoms with Gasteiger partial charge >= 0.3 is 0 Å². The normalized spacial score (nSPS) is 19.8. The Balaban J connectivity index is 2.05. The topological polar surface area (TPSA) is 86.8 Å². The Kier molecular flexibility index (Phi) is 6.54. The first-order valence-electron chi connectivity index (χ1n) is 8.70. The quantitative estimate of drug-likeness (QED) is 0.746. The number of benzene rings is 1. The van der Waals surface area contributed by atoms with Crippen LogP contribution in [0.5, 0.6) is 0 Å². The second-order valence-electron chi connectivity index (χ2n) is 6.93. The van der Waals surface area contributed by atoms with E-state index in [2.05, 4.69) is 9.62 Å². The SMILES string of the molecule is CC(=O)c1ccc(S(=O)(=O)NC(C)C(=O)N(C)[C@@H]2CCCN(C)C2)cc1. The van der Waals surface area contributed by atoms with Crippen molar-refractivity contribution in [1.29, 1.82) is 0 Å². The van der Waals surface area contributed by atoms with Gasteiger partial charge in [-0.15, -0.1) is 0 Å². The summed E-state index contributed by atoms with van der Waals surface area (Å²) in [7, 11) is -0.105. The molecule has 8 heteroatoms. The summed E-state index contributed by atoms with van der Waals surface area (Å²) in [5.41, 5.74) is 0.439. The van der Waals surface area contributed by atoms with E-state index in [0.717, 1.165) is 25.9 Å². The van der Waals surface area contributed by atoms with Gasteiger partial charge < -0.3 is 9.80 Å². The fourth-order valence-corrected chi connectivity index (χ4v) is 4.36. The van der Waals surface area contributed by atoms with Gasteiger partial charge in [-0.2, -0.15) is 4.72 Å². The standard InChI is InChI=1S/C18H27N3O4S/c1-13(18(23)21(4)16-6-5-11-20(3)12-16)19-26(24,25)17-9-7-15(8-10-17)14(2)22/h7-10,13,16,19H,5-6,11-12H2,1-4H3/t13?,16-/m1/s1. The summed E-state index contributed by atoms with van der Waals surface area (Å²) in [4.78, 5) is 27.8. The monoisotopic (exact) mass is 381 g/mol. The average Bonchev–Trinajstić information content (AvgIpc) is 2.60. The number of nitrogens with zero attached hydrogens (tertiary/aromatic N) is 2. The van der Waals surface area contributed by atoms with Gasteiger partial charge in [-0.1, -0.05) is 12.1 Å². The Morgan fingerprint density at radius 1 is 1.27 bits per heavy atom. The molecule has 1 fully saturated rings. The van der Waals surface area contributed by atoms with Gasteiger partial charge in [0.25, 0.3) is 0 Å². The van der Waals surface area contributed by atoms with Crippen LogP contribution >= 0.6 is 0 Å². The number of hydrogen-bond donors (Lipinski definition) is 1. The van der Waals surface area contributed by atoms with E-state index in [0.29, 0.717) is 5.56 Å². The first-order valence-corrected chi connectivity index (χ1v) is 10.2. The number of sulfonamides is 1. The van der Waals surface area contributed by atoms with E-state index in [1.54, 1.807) is 18.9 Å². The van der Waals surface area contributed by atoms with Crippen LogP contribution in [0.1, 0.15) is 37.0 Å². The zero-order valence-corrected chi connectivity index (χ0v) is 16.5. The molecule has 0 bridgehead atoms. The highest BCUT2D eigenvalue weighted by molar-refractivity contribution is 7.89. The molecular formula is C18H27N3O4S. The fraction of sp³-hybridized carbons (Fsp3) is 0.556.